The molecule has 0 spiro atoms. The van der Waals surface area contributed by atoms with Crippen molar-refractivity contribution in [3.8, 4) is 0 Å². The van der Waals surface area contributed by atoms with Crippen molar-refractivity contribution in [3.63, 3.8) is 0 Å². The Hall–Kier alpha value is -2.35. The summed E-state index contributed by atoms with van der Waals surface area (Å²) in [5.74, 6) is -0.635. The quantitative estimate of drug-likeness (QED) is 0.629. The Labute approximate surface area is 202 Å². The van der Waals surface area contributed by atoms with Crippen LogP contribution in [-0.2, 0) is 4.79 Å². The van der Waals surface area contributed by atoms with Crippen molar-refractivity contribution in [2.75, 3.05) is 50.7 Å². The molecular weight excluding hydrogens is 435 g/mol. The SMILES string of the molecule is O=C(O)CC1CCN(C(=O)NC2CCCCC2)CC1CCN1CCN(c2ccc(F)cc2)CC1. The van der Waals surface area contributed by atoms with Crippen LogP contribution in [0.3, 0.4) is 0 Å². The summed E-state index contributed by atoms with van der Waals surface area (Å²) in [5.41, 5.74) is 1.05. The highest BCUT2D eigenvalue weighted by molar-refractivity contribution is 5.74. The minimum Gasteiger partial charge on any atom is -0.481 e. The summed E-state index contributed by atoms with van der Waals surface area (Å²) in [6.07, 6.45) is 7.60. The van der Waals surface area contributed by atoms with Crippen molar-refractivity contribution in [3.05, 3.63) is 30.1 Å². The van der Waals surface area contributed by atoms with Crippen molar-refractivity contribution < 1.29 is 19.1 Å². The molecule has 8 heteroatoms. The van der Waals surface area contributed by atoms with Crippen LogP contribution >= 0.6 is 0 Å². The first kappa shape index (κ1) is 24.8. The van der Waals surface area contributed by atoms with Crippen LogP contribution in [0.15, 0.2) is 24.3 Å². The van der Waals surface area contributed by atoms with Crippen molar-refractivity contribution in [1.29, 1.82) is 0 Å². The van der Waals surface area contributed by atoms with E-state index in [-0.39, 0.29) is 36.1 Å². The second-order valence-electron chi connectivity index (χ2n) is 10.2. The van der Waals surface area contributed by atoms with Gasteiger partial charge in [-0.2, -0.15) is 0 Å². The van der Waals surface area contributed by atoms with Crippen molar-refractivity contribution in [2.45, 2.75) is 57.4 Å². The third-order valence-electron chi connectivity index (χ3n) is 7.93. The molecule has 1 aliphatic carbocycles. The van der Waals surface area contributed by atoms with Crippen LogP contribution in [0.1, 0.15) is 51.4 Å². The normalized spacial score (nSPS) is 24.7. The number of hydrogen-bond donors (Lipinski definition) is 2. The Morgan fingerprint density at radius 2 is 1.65 bits per heavy atom. The van der Waals surface area contributed by atoms with Crippen LogP contribution < -0.4 is 10.2 Å². The number of carbonyl (C=O) groups excluding carboxylic acids is 1. The Morgan fingerprint density at radius 3 is 2.32 bits per heavy atom. The number of nitrogens with one attached hydrogen (secondary N) is 1. The average molecular weight is 475 g/mol. The number of aliphatic carboxylic acids is 1. The number of piperazine rings is 1. The van der Waals surface area contributed by atoms with E-state index in [1.54, 1.807) is 0 Å². The van der Waals surface area contributed by atoms with Gasteiger partial charge in [-0.25, -0.2) is 9.18 Å². The average Bonchev–Trinajstić information content (AvgIpc) is 2.84. The van der Waals surface area contributed by atoms with Gasteiger partial charge in [-0.1, -0.05) is 19.3 Å². The first-order chi connectivity index (χ1) is 16.5. The molecule has 0 aromatic heterocycles. The number of carbonyl (C=O) groups is 2. The van der Waals surface area contributed by atoms with Gasteiger partial charge in [0.2, 0.25) is 0 Å². The number of carboxylic acids is 1. The molecule has 2 aliphatic heterocycles. The summed E-state index contributed by atoms with van der Waals surface area (Å²) < 4.78 is 13.2. The van der Waals surface area contributed by atoms with E-state index in [4.69, 9.17) is 0 Å². The molecule has 3 aliphatic rings. The molecule has 1 aromatic rings. The fraction of sp³-hybridized carbons (Fsp3) is 0.692. The van der Waals surface area contributed by atoms with Crippen LogP contribution in [0.2, 0.25) is 0 Å². The maximum atomic E-state index is 13.2. The van der Waals surface area contributed by atoms with Crippen molar-refractivity contribution in [2.24, 2.45) is 11.8 Å². The Kier molecular flexibility index (Phi) is 8.64. The van der Waals surface area contributed by atoms with Gasteiger partial charge in [-0.05, 0) is 68.3 Å². The summed E-state index contributed by atoms with van der Waals surface area (Å²) in [6, 6.07) is 6.98. The molecule has 2 atom stereocenters. The molecule has 2 N–H and O–H groups in total. The zero-order valence-electron chi connectivity index (χ0n) is 20.1. The number of benzene rings is 1. The number of anilines is 1. The minimum atomic E-state index is -0.747. The molecule has 0 radical (unpaired) electrons. The van der Waals surface area contributed by atoms with E-state index in [1.165, 1.54) is 31.4 Å². The predicted octanol–water partition coefficient (Wildman–Crippen LogP) is 3.79. The second kappa shape index (κ2) is 11.9. The highest BCUT2D eigenvalue weighted by atomic mass is 19.1. The third kappa shape index (κ3) is 6.84. The molecule has 4 rings (SSSR count). The van der Waals surface area contributed by atoms with Crippen LogP contribution in [-0.4, -0.2) is 78.8 Å². The van der Waals surface area contributed by atoms with Gasteiger partial charge in [0.05, 0.1) is 0 Å². The lowest BCUT2D eigenvalue weighted by Gasteiger charge is -2.41. The van der Waals surface area contributed by atoms with E-state index < -0.39 is 5.97 Å². The summed E-state index contributed by atoms with van der Waals surface area (Å²) in [6.45, 7) is 5.85. The van der Waals surface area contributed by atoms with Gasteiger partial charge in [0.15, 0.2) is 0 Å². The van der Waals surface area contributed by atoms with Crippen molar-refractivity contribution in [1.82, 2.24) is 15.1 Å². The van der Waals surface area contributed by atoms with Gasteiger partial charge in [0.25, 0.3) is 0 Å². The maximum Gasteiger partial charge on any atom is 0.317 e. The predicted molar refractivity (Wildman–Crippen MR) is 130 cm³/mol. The number of likely N-dealkylation sites (tertiary alicyclic amines) is 1. The van der Waals surface area contributed by atoms with Crippen LogP contribution in [0.25, 0.3) is 0 Å². The maximum absolute atomic E-state index is 13.2. The highest BCUT2D eigenvalue weighted by Gasteiger charge is 2.33. The van der Waals surface area contributed by atoms with Gasteiger partial charge in [0, 0.05) is 57.4 Å². The van der Waals surface area contributed by atoms with E-state index in [2.05, 4.69) is 15.1 Å². The Balaban J connectivity index is 1.27. The Bertz CT molecular complexity index is 807. The molecule has 3 fully saturated rings. The molecule has 2 heterocycles. The molecular formula is C26H39FN4O3. The number of amides is 2. The standard InChI is InChI=1S/C26H39FN4O3/c27-22-6-8-24(9-7-22)30-16-14-29(15-17-30)12-10-21-19-31(13-11-20(21)18-25(32)33)26(34)28-23-4-2-1-3-5-23/h6-9,20-21,23H,1-5,10-19H2,(H,28,34)(H,32,33). The third-order valence-corrected chi connectivity index (χ3v) is 7.93. The molecule has 0 bridgehead atoms. The van der Waals surface area contributed by atoms with Gasteiger partial charge < -0.3 is 20.2 Å². The molecule has 1 saturated carbocycles. The van der Waals surface area contributed by atoms with E-state index in [0.29, 0.717) is 13.1 Å². The number of urea groups is 1. The number of nitrogens with zero attached hydrogens (tertiary/aromatic N) is 3. The van der Waals surface area contributed by atoms with E-state index >= 15 is 0 Å². The summed E-state index contributed by atoms with van der Waals surface area (Å²) in [4.78, 5) is 31.0. The lowest BCUT2D eigenvalue weighted by atomic mass is 9.81. The number of rotatable bonds is 7. The number of halogens is 1. The molecule has 2 amide bonds. The second-order valence-corrected chi connectivity index (χ2v) is 10.2. The zero-order chi connectivity index (χ0) is 23.9. The van der Waals surface area contributed by atoms with E-state index in [1.807, 2.05) is 17.0 Å². The van der Waals surface area contributed by atoms with Gasteiger partial charge in [-0.15, -0.1) is 0 Å². The molecule has 7 nitrogen and oxygen atoms in total. The number of hydrogen-bond acceptors (Lipinski definition) is 4. The number of piperidine rings is 1. The Morgan fingerprint density at radius 1 is 0.941 bits per heavy atom. The van der Waals surface area contributed by atoms with Crippen molar-refractivity contribution >= 4 is 17.7 Å². The largest absolute Gasteiger partial charge is 0.481 e. The number of carboxylic acid groups (broad SMARTS) is 1. The van der Waals surface area contributed by atoms with Crippen LogP contribution in [0.4, 0.5) is 14.9 Å². The monoisotopic (exact) mass is 474 g/mol. The fourth-order valence-corrected chi connectivity index (χ4v) is 5.83. The van der Waals surface area contributed by atoms with Gasteiger partial charge in [0.1, 0.15) is 5.82 Å². The first-order valence-electron chi connectivity index (χ1n) is 13.0. The highest BCUT2D eigenvalue weighted by Crippen LogP contribution is 2.30. The van der Waals surface area contributed by atoms with E-state index in [0.717, 1.165) is 64.1 Å². The molecule has 1 aromatic carbocycles. The first-order valence-corrected chi connectivity index (χ1v) is 13.0. The summed E-state index contributed by atoms with van der Waals surface area (Å²) in [7, 11) is 0. The topological polar surface area (TPSA) is 76.1 Å². The minimum absolute atomic E-state index is 0.0265. The van der Waals surface area contributed by atoms with Crippen LogP contribution in [0, 0.1) is 17.7 Å². The van der Waals surface area contributed by atoms with Gasteiger partial charge >= 0.3 is 12.0 Å². The summed E-state index contributed by atoms with van der Waals surface area (Å²) in [5, 5.41) is 12.6. The van der Waals surface area contributed by atoms with Gasteiger partial charge in [-0.3, -0.25) is 9.69 Å². The lowest BCUT2D eigenvalue weighted by molar-refractivity contribution is -0.139. The lowest BCUT2D eigenvalue weighted by Crippen LogP contribution is -2.52. The molecule has 34 heavy (non-hydrogen) atoms. The fourth-order valence-electron chi connectivity index (χ4n) is 5.83. The molecule has 2 unspecified atom stereocenters. The van der Waals surface area contributed by atoms with E-state index in [9.17, 15) is 19.1 Å². The summed E-state index contributed by atoms with van der Waals surface area (Å²) >= 11 is 0. The zero-order valence-corrected chi connectivity index (χ0v) is 20.1. The van der Waals surface area contributed by atoms with Crippen LogP contribution in [0.5, 0.6) is 0 Å². The molecule has 188 valence electrons. The smallest absolute Gasteiger partial charge is 0.317 e. The molecule has 2 saturated heterocycles.